The summed E-state index contributed by atoms with van der Waals surface area (Å²) in [4.78, 5) is 29.0. The van der Waals surface area contributed by atoms with Crippen molar-refractivity contribution in [3.63, 3.8) is 0 Å². The maximum Gasteiger partial charge on any atom is 0.251 e. The molecule has 0 bridgehead atoms. The van der Waals surface area contributed by atoms with Crippen molar-refractivity contribution >= 4 is 11.8 Å². The summed E-state index contributed by atoms with van der Waals surface area (Å²) in [5.74, 6) is -0.131. The van der Waals surface area contributed by atoms with Gasteiger partial charge in [-0.2, -0.15) is 0 Å². The van der Waals surface area contributed by atoms with E-state index in [0.717, 1.165) is 32.7 Å². The number of benzene rings is 2. The fourth-order valence-electron chi connectivity index (χ4n) is 3.63. The summed E-state index contributed by atoms with van der Waals surface area (Å²) in [5, 5.41) is 2.94. The monoisotopic (exact) mass is 380 g/mol. The Balaban J connectivity index is 1.56. The Morgan fingerprint density at radius 3 is 2.11 bits per heavy atom. The molecule has 1 aliphatic rings. The predicted molar refractivity (Wildman–Crippen MR) is 110 cm³/mol. The lowest BCUT2D eigenvalue weighted by Gasteiger charge is -2.35. The third-order valence-corrected chi connectivity index (χ3v) is 5.33. The van der Waals surface area contributed by atoms with Crippen molar-refractivity contribution in [1.82, 2.24) is 10.2 Å². The van der Waals surface area contributed by atoms with Crippen LogP contribution in [0.4, 0.5) is 0 Å². The van der Waals surface area contributed by atoms with Gasteiger partial charge < -0.3 is 15.1 Å². The summed E-state index contributed by atoms with van der Waals surface area (Å²) >= 11 is 0. The molecule has 0 spiro atoms. The number of carbonyl (C=O) groups is 2. The van der Waals surface area contributed by atoms with E-state index in [0.29, 0.717) is 5.56 Å². The maximum atomic E-state index is 13.1. The van der Waals surface area contributed by atoms with Crippen LogP contribution in [0.5, 0.6) is 0 Å². The molecule has 148 valence electrons. The number of piperazine rings is 1. The van der Waals surface area contributed by atoms with Crippen LogP contribution in [0.1, 0.15) is 29.8 Å². The highest BCUT2D eigenvalue weighted by Gasteiger charge is 2.32. The highest BCUT2D eigenvalue weighted by Crippen LogP contribution is 2.09. The van der Waals surface area contributed by atoms with Gasteiger partial charge in [0.15, 0.2) is 0 Å². The molecular weight excluding hydrogens is 350 g/mol. The van der Waals surface area contributed by atoms with E-state index in [1.807, 2.05) is 43.0 Å². The van der Waals surface area contributed by atoms with Crippen LogP contribution in [0.15, 0.2) is 60.7 Å². The highest BCUT2D eigenvalue weighted by atomic mass is 16.2. The molecule has 1 heterocycles. The van der Waals surface area contributed by atoms with E-state index in [9.17, 15) is 9.59 Å². The summed E-state index contributed by atoms with van der Waals surface area (Å²) in [5.41, 5.74) is 1.91. The fraction of sp³-hybridized carbons (Fsp3) is 0.391. The molecule has 2 N–H and O–H groups in total. The molecule has 0 aromatic heterocycles. The Bertz CT molecular complexity index is 769. The molecule has 1 saturated heterocycles. The van der Waals surface area contributed by atoms with Gasteiger partial charge in [0.2, 0.25) is 5.91 Å². The van der Waals surface area contributed by atoms with Crippen LogP contribution in [0.25, 0.3) is 0 Å². The number of hydrogen-bond acceptors (Lipinski definition) is 2. The summed E-state index contributed by atoms with van der Waals surface area (Å²) in [6, 6.07) is 19.0. The average molecular weight is 381 g/mol. The molecular formula is C23H30N3O2+. The first-order chi connectivity index (χ1) is 13.5. The average Bonchev–Trinajstić information content (AvgIpc) is 2.73. The van der Waals surface area contributed by atoms with Crippen LogP contribution in [0.3, 0.4) is 0 Å². The number of amides is 2. The van der Waals surface area contributed by atoms with Gasteiger partial charge >= 0.3 is 0 Å². The Hall–Kier alpha value is -2.66. The molecule has 1 aliphatic heterocycles. The van der Waals surface area contributed by atoms with E-state index in [4.69, 9.17) is 0 Å². The van der Waals surface area contributed by atoms with Crippen molar-refractivity contribution in [3.8, 4) is 0 Å². The third kappa shape index (κ3) is 5.20. The molecule has 28 heavy (non-hydrogen) atoms. The Kier molecular flexibility index (Phi) is 6.82. The third-order valence-electron chi connectivity index (χ3n) is 5.33. The van der Waals surface area contributed by atoms with Gasteiger partial charge in [0, 0.05) is 11.1 Å². The minimum absolute atomic E-state index is 0.0260. The zero-order chi connectivity index (χ0) is 19.9. The second-order valence-electron chi connectivity index (χ2n) is 7.80. The lowest BCUT2D eigenvalue weighted by molar-refractivity contribution is -0.917. The van der Waals surface area contributed by atoms with Gasteiger partial charge in [-0.3, -0.25) is 9.59 Å². The van der Waals surface area contributed by atoms with Crippen LogP contribution in [-0.4, -0.2) is 48.9 Å². The molecule has 0 radical (unpaired) electrons. The van der Waals surface area contributed by atoms with E-state index in [-0.39, 0.29) is 17.7 Å². The Morgan fingerprint density at radius 2 is 1.54 bits per heavy atom. The number of quaternary nitrogens is 1. The van der Waals surface area contributed by atoms with Crippen LogP contribution in [0.2, 0.25) is 0 Å². The number of rotatable bonds is 6. The summed E-state index contributed by atoms with van der Waals surface area (Å²) in [7, 11) is 0. The predicted octanol–water partition coefficient (Wildman–Crippen LogP) is 1.37. The molecule has 2 aromatic carbocycles. The molecule has 1 fully saturated rings. The van der Waals surface area contributed by atoms with Crippen molar-refractivity contribution in [2.75, 3.05) is 26.2 Å². The van der Waals surface area contributed by atoms with Gasteiger partial charge in [0.05, 0.1) is 26.2 Å². The van der Waals surface area contributed by atoms with Crippen molar-refractivity contribution in [2.45, 2.75) is 26.4 Å². The van der Waals surface area contributed by atoms with Crippen LogP contribution >= 0.6 is 0 Å². The largest absolute Gasteiger partial charge is 0.340 e. The van der Waals surface area contributed by atoms with E-state index in [1.54, 1.807) is 12.1 Å². The lowest BCUT2D eigenvalue weighted by Crippen LogP contribution is -3.13. The fourth-order valence-corrected chi connectivity index (χ4v) is 3.63. The number of hydrogen-bond donors (Lipinski definition) is 2. The molecule has 0 unspecified atom stereocenters. The number of nitrogens with zero attached hydrogens (tertiary/aromatic N) is 1. The zero-order valence-electron chi connectivity index (χ0n) is 16.7. The van der Waals surface area contributed by atoms with Crippen LogP contribution in [0, 0.1) is 5.92 Å². The van der Waals surface area contributed by atoms with Gasteiger partial charge in [0.25, 0.3) is 5.91 Å². The Labute approximate surface area is 167 Å². The van der Waals surface area contributed by atoms with Gasteiger partial charge in [-0.25, -0.2) is 0 Å². The first-order valence-electron chi connectivity index (χ1n) is 10.1. The van der Waals surface area contributed by atoms with E-state index >= 15 is 0 Å². The first-order valence-corrected chi connectivity index (χ1v) is 10.1. The van der Waals surface area contributed by atoms with Gasteiger partial charge in [-0.1, -0.05) is 62.4 Å². The molecule has 3 rings (SSSR count). The summed E-state index contributed by atoms with van der Waals surface area (Å²) < 4.78 is 0. The molecule has 1 atom stereocenters. The number of nitrogens with one attached hydrogen (secondary N) is 2. The van der Waals surface area contributed by atoms with E-state index < -0.39 is 6.04 Å². The minimum atomic E-state index is -0.497. The molecule has 5 heteroatoms. The molecule has 2 aromatic rings. The standard InChI is InChI=1S/C23H29N3O2/c1-18(2)21(24-22(27)20-11-7-4-8-12-20)23(28)26-15-13-25(14-16-26)17-19-9-5-3-6-10-19/h3-12,18,21H,13-17H2,1-2H3,(H,24,27)/p+1/t21-/m0/s1. The van der Waals surface area contributed by atoms with Gasteiger partial charge in [-0.15, -0.1) is 0 Å². The van der Waals surface area contributed by atoms with Crippen molar-refractivity contribution < 1.29 is 14.5 Å². The summed E-state index contributed by atoms with van der Waals surface area (Å²) in [6.07, 6.45) is 0. The lowest BCUT2D eigenvalue weighted by atomic mass is 10.0. The second kappa shape index (κ2) is 9.51. The summed E-state index contributed by atoms with van der Waals surface area (Å²) in [6.45, 7) is 8.25. The van der Waals surface area contributed by atoms with Gasteiger partial charge in [0.1, 0.15) is 12.6 Å². The molecule has 0 aliphatic carbocycles. The van der Waals surface area contributed by atoms with Crippen molar-refractivity contribution in [3.05, 3.63) is 71.8 Å². The van der Waals surface area contributed by atoms with Crippen molar-refractivity contribution in [2.24, 2.45) is 5.92 Å². The molecule has 2 amide bonds. The minimum Gasteiger partial charge on any atom is -0.340 e. The smallest absolute Gasteiger partial charge is 0.251 e. The molecule has 5 nitrogen and oxygen atoms in total. The van der Waals surface area contributed by atoms with Crippen molar-refractivity contribution in [1.29, 1.82) is 0 Å². The number of carbonyl (C=O) groups excluding carboxylic acids is 2. The normalized spacial score (nSPS) is 16.0. The van der Waals surface area contributed by atoms with Crippen LogP contribution in [-0.2, 0) is 11.3 Å². The van der Waals surface area contributed by atoms with E-state index in [1.165, 1.54) is 10.5 Å². The topological polar surface area (TPSA) is 53.9 Å². The first kappa shape index (κ1) is 20.1. The zero-order valence-corrected chi connectivity index (χ0v) is 16.7. The Morgan fingerprint density at radius 1 is 0.964 bits per heavy atom. The SMILES string of the molecule is CC(C)[C@H](NC(=O)c1ccccc1)C(=O)N1CC[NH+](Cc2ccccc2)CC1. The van der Waals surface area contributed by atoms with Crippen LogP contribution < -0.4 is 10.2 Å². The molecule has 0 saturated carbocycles. The quantitative estimate of drug-likeness (QED) is 0.795. The highest BCUT2D eigenvalue weighted by molar-refractivity contribution is 5.97. The van der Waals surface area contributed by atoms with E-state index in [2.05, 4.69) is 29.6 Å². The second-order valence-corrected chi connectivity index (χ2v) is 7.80. The van der Waals surface area contributed by atoms with Gasteiger partial charge in [-0.05, 0) is 18.1 Å². The maximum absolute atomic E-state index is 13.1.